The molecule has 0 aliphatic carbocycles. The minimum absolute atomic E-state index is 0.0958. The predicted octanol–water partition coefficient (Wildman–Crippen LogP) is 2.75. The minimum atomic E-state index is 0.0958. The highest BCUT2D eigenvalue weighted by molar-refractivity contribution is 5.77. The lowest BCUT2D eigenvalue weighted by Gasteiger charge is -2.40. The van der Waals surface area contributed by atoms with Gasteiger partial charge in [0, 0.05) is 26.1 Å². The van der Waals surface area contributed by atoms with Crippen molar-refractivity contribution in [3.8, 4) is 11.5 Å². The van der Waals surface area contributed by atoms with Gasteiger partial charge in [-0.25, -0.2) is 0 Å². The van der Waals surface area contributed by atoms with E-state index in [0.717, 1.165) is 56.7 Å². The number of rotatable bonds is 7. The number of ether oxygens (including phenoxy) is 2. The van der Waals surface area contributed by atoms with Crippen molar-refractivity contribution in [3.05, 3.63) is 23.8 Å². The number of aliphatic hydroxyl groups excluding tert-OH is 1. The standard InChI is InChI=1S/C19H27NO4/c1-19(12-15-5-6-16-17(11-15)24-14-23-16)8-7-18(22)20(13-19)9-3-2-4-10-21/h5-6,11,21H,2-4,7-10,12-14H2,1H3/t19-/m1/s1. The molecule has 2 aliphatic rings. The molecule has 1 saturated heterocycles. The van der Waals surface area contributed by atoms with E-state index in [9.17, 15) is 4.79 Å². The maximum atomic E-state index is 12.2. The van der Waals surface area contributed by atoms with Crippen LogP contribution in [0.2, 0.25) is 0 Å². The van der Waals surface area contributed by atoms with Gasteiger partial charge in [-0.1, -0.05) is 13.0 Å². The zero-order valence-electron chi connectivity index (χ0n) is 14.4. The zero-order valence-corrected chi connectivity index (χ0v) is 14.4. The Morgan fingerprint density at radius 2 is 2.04 bits per heavy atom. The van der Waals surface area contributed by atoms with Gasteiger partial charge in [0.15, 0.2) is 11.5 Å². The molecule has 1 atom stereocenters. The number of aliphatic hydroxyl groups is 1. The van der Waals surface area contributed by atoms with Gasteiger partial charge in [-0.2, -0.15) is 0 Å². The number of amides is 1. The van der Waals surface area contributed by atoms with E-state index in [0.29, 0.717) is 13.2 Å². The van der Waals surface area contributed by atoms with E-state index in [-0.39, 0.29) is 17.9 Å². The Bertz CT molecular complexity index is 589. The van der Waals surface area contributed by atoms with Crippen LogP contribution in [0.25, 0.3) is 0 Å². The van der Waals surface area contributed by atoms with Gasteiger partial charge < -0.3 is 19.5 Å². The van der Waals surface area contributed by atoms with Crippen molar-refractivity contribution in [3.63, 3.8) is 0 Å². The molecule has 24 heavy (non-hydrogen) atoms. The molecule has 132 valence electrons. The lowest BCUT2D eigenvalue weighted by atomic mass is 9.76. The van der Waals surface area contributed by atoms with Gasteiger partial charge in [0.25, 0.3) is 0 Å². The zero-order chi connectivity index (χ0) is 17.0. The molecule has 1 N–H and O–H groups in total. The van der Waals surface area contributed by atoms with Gasteiger partial charge in [0.2, 0.25) is 12.7 Å². The number of likely N-dealkylation sites (tertiary alicyclic amines) is 1. The van der Waals surface area contributed by atoms with Crippen molar-refractivity contribution in [2.75, 3.05) is 26.5 Å². The van der Waals surface area contributed by atoms with E-state index in [4.69, 9.17) is 14.6 Å². The summed E-state index contributed by atoms with van der Waals surface area (Å²) in [5.74, 6) is 1.90. The van der Waals surface area contributed by atoms with Gasteiger partial charge in [-0.3, -0.25) is 4.79 Å². The molecule has 0 radical (unpaired) electrons. The third kappa shape index (κ3) is 4.01. The summed E-state index contributed by atoms with van der Waals surface area (Å²) in [5.41, 5.74) is 1.33. The van der Waals surface area contributed by atoms with E-state index in [2.05, 4.69) is 19.1 Å². The number of fused-ring (bicyclic) bond motifs is 1. The molecule has 5 heteroatoms. The first kappa shape index (κ1) is 17.1. The first-order chi connectivity index (χ1) is 11.6. The maximum Gasteiger partial charge on any atom is 0.231 e. The lowest BCUT2D eigenvalue weighted by molar-refractivity contribution is -0.137. The molecule has 1 amide bonds. The Hall–Kier alpha value is -1.75. The van der Waals surface area contributed by atoms with Crippen molar-refractivity contribution in [2.45, 2.75) is 45.4 Å². The number of hydrogen-bond donors (Lipinski definition) is 1. The normalized spacial score (nSPS) is 22.9. The van der Waals surface area contributed by atoms with Crippen LogP contribution in [0.15, 0.2) is 18.2 Å². The van der Waals surface area contributed by atoms with Crippen molar-refractivity contribution < 1.29 is 19.4 Å². The summed E-state index contributed by atoms with van der Waals surface area (Å²) < 4.78 is 10.8. The Kier molecular flexibility index (Phi) is 5.29. The van der Waals surface area contributed by atoms with Crippen molar-refractivity contribution in [1.29, 1.82) is 0 Å². The summed E-state index contributed by atoms with van der Waals surface area (Å²) >= 11 is 0. The summed E-state index contributed by atoms with van der Waals surface area (Å²) in [4.78, 5) is 14.2. The van der Waals surface area contributed by atoms with E-state index in [1.807, 2.05) is 11.0 Å². The summed E-state index contributed by atoms with van der Waals surface area (Å²) in [6.07, 6.45) is 5.24. The molecule has 0 bridgehead atoms. The van der Waals surface area contributed by atoms with E-state index in [1.165, 1.54) is 5.56 Å². The van der Waals surface area contributed by atoms with Crippen molar-refractivity contribution in [1.82, 2.24) is 4.90 Å². The molecule has 0 unspecified atom stereocenters. The Balaban J connectivity index is 1.60. The fraction of sp³-hybridized carbons (Fsp3) is 0.632. The first-order valence-corrected chi connectivity index (χ1v) is 8.87. The maximum absolute atomic E-state index is 12.2. The topological polar surface area (TPSA) is 59.0 Å². The van der Waals surface area contributed by atoms with Crippen LogP contribution in [0.1, 0.15) is 44.6 Å². The average Bonchev–Trinajstić information content (AvgIpc) is 3.02. The number of hydrogen-bond acceptors (Lipinski definition) is 4. The smallest absolute Gasteiger partial charge is 0.231 e. The van der Waals surface area contributed by atoms with Gasteiger partial charge >= 0.3 is 0 Å². The second-order valence-electron chi connectivity index (χ2n) is 7.27. The highest BCUT2D eigenvalue weighted by Gasteiger charge is 2.35. The highest BCUT2D eigenvalue weighted by atomic mass is 16.7. The number of piperidine rings is 1. The van der Waals surface area contributed by atoms with Gasteiger partial charge in [0.1, 0.15) is 0 Å². The van der Waals surface area contributed by atoms with Crippen LogP contribution in [0.3, 0.4) is 0 Å². The monoisotopic (exact) mass is 333 g/mol. The van der Waals surface area contributed by atoms with Crippen molar-refractivity contribution in [2.24, 2.45) is 5.41 Å². The van der Waals surface area contributed by atoms with E-state index >= 15 is 0 Å². The second kappa shape index (κ2) is 7.43. The van der Waals surface area contributed by atoms with Gasteiger partial charge in [-0.05, 0) is 55.2 Å². The number of unbranched alkanes of at least 4 members (excludes halogenated alkanes) is 2. The molecule has 1 aromatic rings. The molecule has 1 aromatic carbocycles. The second-order valence-corrected chi connectivity index (χ2v) is 7.27. The first-order valence-electron chi connectivity index (χ1n) is 8.87. The molecular formula is C19H27NO4. The van der Waals surface area contributed by atoms with Gasteiger partial charge in [-0.15, -0.1) is 0 Å². The Morgan fingerprint density at radius 1 is 1.21 bits per heavy atom. The minimum Gasteiger partial charge on any atom is -0.454 e. The summed E-state index contributed by atoms with van der Waals surface area (Å²) in [7, 11) is 0. The largest absolute Gasteiger partial charge is 0.454 e. The van der Waals surface area contributed by atoms with Crippen LogP contribution < -0.4 is 9.47 Å². The number of benzene rings is 1. The molecule has 1 fully saturated rings. The van der Waals surface area contributed by atoms with E-state index in [1.54, 1.807) is 0 Å². The third-order valence-electron chi connectivity index (χ3n) is 5.02. The van der Waals surface area contributed by atoms with Gasteiger partial charge in [0.05, 0.1) is 0 Å². The molecule has 3 rings (SSSR count). The molecule has 2 heterocycles. The predicted molar refractivity (Wildman–Crippen MR) is 91.1 cm³/mol. The third-order valence-corrected chi connectivity index (χ3v) is 5.02. The summed E-state index contributed by atoms with van der Waals surface area (Å²) in [6, 6.07) is 6.14. The SMILES string of the molecule is C[C@]1(Cc2ccc3c(c2)OCO3)CCC(=O)N(CCCCCO)C1. The van der Waals surface area contributed by atoms with Crippen LogP contribution in [0.4, 0.5) is 0 Å². The van der Waals surface area contributed by atoms with Crippen LogP contribution in [0, 0.1) is 5.41 Å². The fourth-order valence-electron chi connectivity index (χ4n) is 3.68. The molecule has 0 saturated carbocycles. The summed E-state index contributed by atoms with van der Waals surface area (Å²) in [6.45, 7) is 4.40. The average molecular weight is 333 g/mol. The van der Waals surface area contributed by atoms with E-state index < -0.39 is 0 Å². The molecule has 0 aromatic heterocycles. The lowest BCUT2D eigenvalue weighted by Crippen LogP contribution is -2.46. The summed E-state index contributed by atoms with van der Waals surface area (Å²) in [5, 5.41) is 8.87. The van der Waals surface area contributed by atoms with Crippen molar-refractivity contribution >= 4 is 5.91 Å². The highest BCUT2D eigenvalue weighted by Crippen LogP contribution is 2.37. The Labute approximate surface area is 143 Å². The van der Waals surface area contributed by atoms with Crippen LogP contribution in [-0.4, -0.2) is 42.4 Å². The number of nitrogens with zero attached hydrogens (tertiary/aromatic N) is 1. The fourth-order valence-corrected chi connectivity index (χ4v) is 3.68. The van der Waals surface area contributed by atoms with Crippen LogP contribution in [0.5, 0.6) is 11.5 Å². The molecule has 0 spiro atoms. The molecule has 2 aliphatic heterocycles. The molecule has 5 nitrogen and oxygen atoms in total. The molecular weight excluding hydrogens is 306 g/mol. The Morgan fingerprint density at radius 3 is 2.88 bits per heavy atom. The number of carbonyl (C=O) groups excluding carboxylic acids is 1. The van der Waals surface area contributed by atoms with Crippen LogP contribution in [-0.2, 0) is 11.2 Å². The number of carbonyl (C=O) groups is 1. The quantitative estimate of drug-likeness (QED) is 0.780. The van der Waals surface area contributed by atoms with Crippen LogP contribution >= 0.6 is 0 Å².